The number of hydrogen-bond donors (Lipinski definition) is 1. The molecule has 160 valence electrons. The molecule has 2 aromatic rings. The van der Waals surface area contributed by atoms with Gasteiger partial charge in [0.2, 0.25) is 11.8 Å². The lowest BCUT2D eigenvalue weighted by Gasteiger charge is -2.36. The maximum absolute atomic E-state index is 12.7. The van der Waals surface area contributed by atoms with Crippen LogP contribution in [0.4, 0.5) is 5.69 Å². The molecule has 1 fully saturated rings. The molecule has 1 N–H and O–H groups in total. The minimum absolute atomic E-state index is 0.0758. The van der Waals surface area contributed by atoms with Gasteiger partial charge in [0.25, 0.3) is 0 Å². The van der Waals surface area contributed by atoms with Crippen molar-refractivity contribution in [3.05, 3.63) is 65.7 Å². The van der Waals surface area contributed by atoms with Crippen LogP contribution in [0.5, 0.6) is 0 Å². The van der Waals surface area contributed by atoms with Gasteiger partial charge in [-0.1, -0.05) is 48.0 Å². The molecule has 0 aliphatic carbocycles. The Kier molecular flexibility index (Phi) is 7.60. The summed E-state index contributed by atoms with van der Waals surface area (Å²) in [6, 6.07) is 17.7. The van der Waals surface area contributed by atoms with E-state index in [4.69, 9.17) is 0 Å². The van der Waals surface area contributed by atoms with Crippen LogP contribution in [-0.4, -0.2) is 72.3 Å². The van der Waals surface area contributed by atoms with Crippen molar-refractivity contribution in [1.82, 2.24) is 14.7 Å². The molecule has 1 heterocycles. The quantitative estimate of drug-likeness (QED) is 0.765. The van der Waals surface area contributed by atoms with E-state index in [1.165, 1.54) is 5.56 Å². The lowest BCUT2D eigenvalue weighted by Crippen LogP contribution is -2.52. The summed E-state index contributed by atoms with van der Waals surface area (Å²) in [6.07, 6.45) is 0. The topological polar surface area (TPSA) is 55.9 Å². The number of benzene rings is 2. The van der Waals surface area contributed by atoms with E-state index in [1.807, 2.05) is 61.0 Å². The molecule has 0 unspecified atom stereocenters. The monoisotopic (exact) mass is 408 g/mol. The molecule has 6 nitrogen and oxygen atoms in total. The van der Waals surface area contributed by atoms with Gasteiger partial charge in [0.15, 0.2) is 0 Å². The molecule has 6 heteroatoms. The van der Waals surface area contributed by atoms with Crippen molar-refractivity contribution in [3.63, 3.8) is 0 Å². The van der Waals surface area contributed by atoms with Gasteiger partial charge in [-0.3, -0.25) is 19.4 Å². The highest BCUT2D eigenvalue weighted by atomic mass is 16.2. The lowest BCUT2D eigenvalue weighted by atomic mass is 10.2. The molecule has 0 bridgehead atoms. The largest absolute Gasteiger partial charge is 0.339 e. The summed E-state index contributed by atoms with van der Waals surface area (Å²) in [7, 11) is 1.82. The molecular formula is C24H32N4O2. The summed E-state index contributed by atoms with van der Waals surface area (Å²) in [5.74, 6) is -0.0336. The van der Waals surface area contributed by atoms with Crippen LogP contribution in [0.1, 0.15) is 18.1 Å². The predicted molar refractivity (Wildman–Crippen MR) is 120 cm³/mol. The summed E-state index contributed by atoms with van der Waals surface area (Å²) < 4.78 is 0. The molecule has 3 rings (SSSR count). The van der Waals surface area contributed by atoms with Crippen LogP contribution in [0.3, 0.4) is 0 Å². The number of likely N-dealkylation sites (N-methyl/N-ethyl adjacent to an activating group) is 1. The van der Waals surface area contributed by atoms with Gasteiger partial charge >= 0.3 is 0 Å². The first kappa shape index (κ1) is 22.0. The van der Waals surface area contributed by atoms with Gasteiger partial charge in [0, 0.05) is 38.4 Å². The number of carbonyl (C=O) groups excluding carboxylic acids is 2. The third-order valence-corrected chi connectivity index (χ3v) is 5.72. The van der Waals surface area contributed by atoms with Gasteiger partial charge in [0.1, 0.15) is 0 Å². The van der Waals surface area contributed by atoms with Gasteiger partial charge in [-0.25, -0.2) is 0 Å². The lowest BCUT2D eigenvalue weighted by molar-refractivity contribution is -0.135. The first-order valence-electron chi connectivity index (χ1n) is 10.5. The summed E-state index contributed by atoms with van der Waals surface area (Å²) in [5.41, 5.74) is 3.21. The van der Waals surface area contributed by atoms with Crippen LogP contribution >= 0.6 is 0 Å². The van der Waals surface area contributed by atoms with Crippen molar-refractivity contribution in [2.24, 2.45) is 0 Å². The molecule has 0 saturated carbocycles. The second-order valence-corrected chi connectivity index (χ2v) is 8.09. The Morgan fingerprint density at radius 3 is 2.27 bits per heavy atom. The minimum atomic E-state index is -0.394. The number of aryl methyl sites for hydroxylation is 1. The third kappa shape index (κ3) is 6.15. The average Bonchev–Trinajstić information content (AvgIpc) is 2.76. The van der Waals surface area contributed by atoms with Crippen molar-refractivity contribution < 1.29 is 9.59 Å². The average molecular weight is 409 g/mol. The Morgan fingerprint density at radius 2 is 1.63 bits per heavy atom. The molecule has 0 aromatic heterocycles. The van der Waals surface area contributed by atoms with E-state index in [2.05, 4.69) is 34.5 Å². The number of nitrogens with zero attached hydrogens (tertiary/aromatic N) is 3. The van der Waals surface area contributed by atoms with Gasteiger partial charge in [-0.05, 0) is 38.6 Å². The Balaban J connectivity index is 1.43. The van der Waals surface area contributed by atoms with Crippen LogP contribution in [0.2, 0.25) is 0 Å². The van der Waals surface area contributed by atoms with Gasteiger partial charge in [0.05, 0.1) is 12.6 Å². The minimum Gasteiger partial charge on any atom is -0.339 e. The second kappa shape index (κ2) is 10.4. The van der Waals surface area contributed by atoms with E-state index in [0.29, 0.717) is 0 Å². The highest BCUT2D eigenvalue weighted by Gasteiger charge is 2.25. The van der Waals surface area contributed by atoms with E-state index >= 15 is 0 Å². The van der Waals surface area contributed by atoms with Crippen molar-refractivity contribution in [2.45, 2.75) is 26.4 Å². The van der Waals surface area contributed by atoms with Crippen LogP contribution in [0.15, 0.2) is 54.6 Å². The van der Waals surface area contributed by atoms with Crippen LogP contribution in [0, 0.1) is 6.92 Å². The molecule has 0 spiro atoms. The Morgan fingerprint density at radius 1 is 1.00 bits per heavy atom. The number of nitrogens with one attached hydrogen (secondary N) is 1. The molecular weight excluding hydrogens is 376 g/mol. The van der Waals surface area contributed by atoms with E-state index in [1.54, 1.807) is 0 Å². The Hall–Kier alpha value is -2.70. The highest BCUT2D eigenvalue weighted by Crippen LogP contribution is 2.11. The van der Waals surface area contributed by atoms with E-state index in [0.717, 1.165) is 44.0 Å². The smallest absolute Gasteiger partial charge is 0.241 e. The van der Waals surface area contributed by atoms with Crippen molar-refractivity contribution in [3.8, 4) is 0 Å². The Bertz CT molecular complexity index is 830. The molecule has 2 amide bonds. The number of anilines is 1. The third-order valence-electron chi connectivity index (χ3n) is 5.72. The van der Waals surface area contributed by atoms with Gasteiger partial charge < -0.3 is 10.2 Å². The van der Waals surface area contributed by atoms with Crippen LogP contribution in [0.25, 0.3) is 0 Å². The van der Waals surface area contributed by atoms with Crippen molar-refractivity contribution >= 4 is 17.5 Å². The zero-order chi connectivity index (χ0) is 21.5. The molecule has 30 heavy (non-hydrogen) atoms. The molecule has 2 aromatic carbocycles. The Labute approximate surface area is 179 Å². The first-order valence-corrected chi connectivity index (χ1v) is 10.5. The van der Waals surface area contributed by atoms with Crippen molar-refractivity contribution in [1.29, 1.82) is 0 Å². The van der Waals surface area contributed by atoms with Crippen LogP contribution < -0.4 is 5.32 Å². The molecule has 1 atom stereocenters. The molecule has 1 aliphatic rings. The summed E-state index contributed by atoms with van der Waals surface area (Å²) in [5, 5.41) is 2.92. The molecule has 1 saturated heterocycles. The number of carbonyl (C=O) groups is 2. The van der Waals surface area contributed by atoms with E-state index < -0.39 is 6.04 Å². The fraction of sp³-hybridized carbons (Fsp3) is 0.417. The fourth-order valence-electron chi connectivity index (χ4n) is 3.53. The first-order chi connectivity index (χ1) is 14.4. The number of hydrogen-bond acceptors (Lipinski definition) is 4. The van der Waals surface area contributed by atoms with E-state index in [-0.39, 0.29) is 18.4 Å². The number of amides is 2. The van der Waals surface area contributed by atoms with E-state index in [9.17, 15) is 9.59 Å². The standard InChI is InChI=1S/C24H32N4O2/c1-19-9-11-22(12-10-19)25-24(30)20(2)26(3)18-23(29)28-15-13-27(14-16-28)17-21-7-5-4-6-8-21/h4-12,20H,13-18H2,1-3H3,(H,25,30)/t20-/m1/s1. The summed E-state index contributed by atoms with van der Waals surface area (Å²) >= 11 is 0. The number of rotatable bonds is 7. The zero-order valence-corrected chi connectivity index (χ0v) is 18.2. The maximum Gasteiger partial charge on any atom is 0.241 e. The highest BCUT2D eigenvalue weighted by molar-refractivity contribution is 5.94. The fourth-order valence-corrected chi connectivity index (χ4v) is 3.53. The molecule has 0 radical (unpaired) electrons. The van der Waals surface area contributed by atoms with Gasteiger partial charge in [-0.15, -0.1) is 0 Å². The second-order valence-electron chi connectivity index (χ2n) is 8.09. The number of piperazine rings is 1. The normalized spacial score (nSPS) is 15.8. The maximum atomic E-state index is 12.7. The van der Waals surface area contributed by atoms with Crippen LogP contribution in [-0.2, 0) is 16.1 Å². The molecule has 1 aliphatic heterocycles. The summed E-state index contributed by atoms with van der Waals surface area (Å²) in [4.78, 5) is 31.3. The van der Waals surface area contributed by atoms with Gasteiger partial charge in [-0.2, -0.15) is 0 Å². The summed E-state index contributed by atoms with van der Waals surface area (Å²) in [6.45, 7) is 8.18. The SMILES string of the molecule is Cc1ccc(NC(=O)[C@@H](C)N(C)CC(=O)N2CCN(Cc3ccccc3)CC2)cc1. The zero-order valence-electron chi connectivity index (χ0n) is 18.2. The predicted octanol–water partition coefficient (Wildman–Crippen LogP) is 2.60. The van der Waals surface area contributed by atoms with Crippen molar-refractivity contribution in [2.75, 3.05) is 45.1 Å².